The first-order valence-corrected chi connectivity index (χ1v) is 9.73. The van der Waals surface area contributed by atoms with Crippen molar-refractivity contribution in [2.45, 2.75) is 26.8 Å². The number of ether oxygens (including phenoxy) is 2. The summed E-state index contributed by atoms with van der Waals surface area (Å²) in [7, 11) is 0. The number of benzene rings is 2. The van der Waals surface area contributed by atoms with Gasteiger partial charge in [0.15, 0.2) is 0 Å². The minimum Gasteiger partial charge on any atom is -0.463 e. The fraction of sp³-hybridized carbons (Fsp3) is 0.250. The lowest BCUT2D eigenvalue weighted by molar-refractivity contribution is -0.138. The second-order valence-corrected chi connectivity index (χ2v) is 6.68. The summed E-state index contributed by atoms with van der Waals surface area (Å²) in [6.45, 7) is 6.01. The van der Waals surface area contributed by atoms with E-state index in [0.29, 0.717) is 16.8 Å². The molecule has 0 fully saturated rings. The van der Waals surface area contributed by atoms with Gasteiger partial charge >= 0.3 is 11.9 Å². The Bertz CT molecular complexity index is 943. The fourth-order valence-corrected chi connectivity index (χ4v) is 3.24. The second-order valence-electron chi connectivity index (χ2n) is 6.68. The van der Waals surface area contributed by atoms with Crippen LogP contribution in [0.4, 0.5) is 0 Å². The van der Waals surface area contributed by atoms with Gasteiger partial charge in [0.2, 0.25) is 0 Å². The third-order valence-corrected chi connectivity index (χ3v) is 4.65. The molecule has 2 aromatic carbocycles. The van der Waals surface area contributed by atoms with Crippen LogP contribution in [0.1, 0.15) is 36.6 Å². The van der Waals surface area contributed by atoms with Gasteiger partial charge in [0.1, 0.15) is 0 Å². The first-order chi connectivity index (χ1) is 14.0. The molecular formula is C24H25NO4. The van der Waals surface area contributed by atoms with Crippen LogP contribution in [0.3, 0.4) is 0 Å². The molecule has 1 heterocycles. The third kappa shape index (κ3) is 4.57. The minimum atomic E-state index is -0.483. The van der Waals surface area contributed by atoms with E-state index in [1.54, 1.807) is 19.9 Å². The highest BCUT2D eigenvalue weighted by Gasteiger charge is 2.32. The molecule has 0 saturated carbocycles. The largest absolute Gasteiger partial charge is 0.463 e. The highest BCUT2D eigenvalue weighted by molar-refractivity contribution is 6.04. The van der Waals surface area contributed by atoms with Crippen LogP contribution in [-0.4, -0.2) is 25.2 Å². The quantitative estimate of drug-likeness (QED) is 0.751. The van der Waals surface area contributed by atoms with Crippen molar-refractivity contribution in [3.63, 3.8) is 0 Å². The van der Waals surface area contributed by atoms with E-state index in [9.17, 15) is 9.59 Å². The number of aryl methyl sites for hydroxylation is 1. The summed E-state index contributed by atoms with van der Waals surface area (Å²) in [5.74, 6) is -0.942. The zero-order valence-electron chi connectivity index (χ0n) is 16.9. The van der Waals surface area contributed by atoms with Crippen LogP contribution < -0.4 is 5.32 Å². The predicted molar refractivity (Wildman–Crippen MR) is 112 cm³/mol. The van der Waals surface area contributed by atoms with E-state index in [1.165, 1.54) is 0 Å². The molecule has 0 amide bonds. The zero-order valence-corrected chi connectivity index (χ0v) is 16.9. The normalized spacial score (nSPS) is 16.0. The van der Waals surface area contributed by atoms with Gasteiger partial charge in [-0.05, 0) is 38.0 Å². The summed E-state index contributed by atoms with van der Waals surface area (Å²) in [6, 6.07) is 17.0. The lowest BCUT2D eigenvalue weighted by Crippen LogP contribution is -2.32. The topological polar surface area (TPSA) is 64.6 Å². The molecule has 1 aliphatic rings. The van der Waals surface area contributed by atoms with Gasteiger partial charge < -0.3 is 14.8 Å². The number of rotatable bonds is 6. The molecule has 5 nitrogen and oxygen atoms in total. The van der Waals surface area contributed by atoms with Crippen molar-refractivity contribution in [1.29, 1.82) is 0 Å². The lowest BCUT2D eigenvalue weighted by atomic mass is 9.90. The van der Waals surface area contributed by atoms with Crippen LogP contribution in [-0.2, 0) is 19.1 Å². The first kappa shape index (κ1) is 20.4. The number of hydrogen-bond acceptors (Lipinski definition) is 5. The maximum atomic E-state index is 12.7. The van der Waals surface area contributed by atoms with Crippen LogP contribution in [0.2, 0.25) is 0 Å². The number of dihydropyridines is 1. The van der Waals surface area contributed by atoms with Gasteiger partial charge in [-0.25, -0.2) is 9.59 Å². The molecule has 0 aliphatic carbocycles. The smallest absolute Gasteiger partial charge is 0.340 e. The van der Waals surface area contributed by atoms with E-state index in [-0.39, 0.29) is 13.2 Å². The van der Waals surface area contributed by atoms with Gasteiger partial charge in [0.05, 0.1) is 36.1 Å². The van der Waals surface area contributed by atoms with Gasteiger partial charge in [0.25, 0.3) is 0 Å². The van der Waals surface area contributed by atoms with Crippen molar-refractivity contribution in [2.75, 3.05) is 13.2 Å². The maximum absolute atomic E-state index is 12.7. The van der Waals surface area contributed by atoms with Crippen LogP contribution >= 0.6 is 0 Å². The third-order valence-electron chi connectivity index (χ3n) is 4.65. The Morgan fingerprint density at radius 2 is 1.52 bits per heavy atom. The van der Waals surface area contributed by atoms with Crippen molar-refractivity contribution in [1.82, 2.24) is 5.32 Å². The second kappa shape index (κ2) is 9.24. The standard InChI is InChI=1S/C24H25NO4/c1-4-28-23(26)19-15-20(24(27)29-5-2)22(18-13-11-16(3)12-14-18)25-21(19)17-9-7-6-8-10-17/h6-15,22,25H,4-5H2,1-3H3. The summed E-state index contributed by atoms with van der Waals surface area (Å²) in [6.07, 6.45) is 1.60. The molecular weight excluding hydrogens is 366 g/mol. The summed E-state index contributed by atoms with van der Waals surface area (Å²) < 4.78 is 10.5. The Hall–Kier alpha value is -3.34. The molecule has 0 bridgehead atoms. The summed E-state index contributed by atoms with van der Waals surface area (Å²) in [5, 5.41) is 3.39. The monoisotopic (exact) mass is 391 g/mol. The van der Waals surface area contributed by atoms with Gasteiger partial charge in [-0.3, -0.25) is 0 Å². The van der Waals surface area contributed by atoms with Gasteiger partial charge in [-0.1, -0.05) is 60.2 Å². The average molecular weight is 391 g/mol. The molecule has 3 rings (SSSR count). The summed E-state index contributed by atoms with van der Waals surface area (Å²) in [4.78, 5) is 25.4. The number of nitrogens with one attached hydrogen (secondary N) is 1. The van der Waals surface area contributed by atoms with Gasteiger partial charge in [-0.2, -0.15) is 0 Å². The Morgan fingerprint density at radius 3 is 2.14 bits per heavy atom. The molecule has 1 unspecified atom stereocenters. The molecule has 2 aromatic rings. The number of carbonyl (C=O) groups excluding carboxylic acids is 2. The highest BCUT2D eigenvalue weighted by atomic mass is 16.5. The Kier molecular flexibility index (Phi) is 6.50. The Labute approximate surface area is 171 Å². The number of carbonyl (C=O) groups is 2. The van der Waals surface area contributed by atoms with E-state index in [1.807, 2.05) is 61.5 Å². The lowest BCUT2D eigenvalue weighted by Gasteiger charge is -2.29. The van der Waals surface area contributed by atoms with Crippen LogP contribution in [0.15, 0.2) is 71.8 Å². The van der Waals surface area contributed by atoms with Crippen molar-refractivity contribution >= 4 is 17.6 Å². The number of esters is 2. The van der Waals surface area contributed by atoms with Crippen LogP contribution in [0.5, 0.6) is 0 Å². The average Bonchev–Trinajstić information content (AvgIpc) is 2.74. The predicted octanol–water partition coefficient (Wildman–Crippen LogP) is 4.10. The summed E-state index contributed by atoms with van der Waals surface area (Å²) >= 11 is 0. The molecule has 1 N–H and O–H groups in total. The first-order valence-electron chi connectivity index (χ1n) is 9.73. The Balaban J connectivity index is 2.15. The van der Waals surface area contributed by atoms with E-state index in [2.05, 4.69) is 5.32 Å². The molecule has 1 atom stereocenters. The Morgan fingerprint density at radius 1 is 0.897 bits per heavy atom. The molecule has 0 saturated heterocycles. The summed E-state index contributed by atoms with van der Waals surface area (Å²) in [5.41, 5.74) is 4.18. The van der Waals surface area contributed by atoms with Crippen LogP contribution in [0.25, 0.3) is 5.70 Å². The molecule has 150 valence electrons. The molecule has 1 aliphatic heterocycles. The van der Waals surface area contributed by atoms with E-state index >= 15 is 0 Å². The molecule has 0 radical (unpaired) electrons. The van der Waals surface area contributed by atoms with Gasteiger partial charge in [-0.15, -0.1) is 0 Å². The van der Waals surface area contributed by atoms with Crippen molar-refractivity contribution in [3.05, 3.63) is 88.5 Å². The van der Waals surface area contributed by atoms with Crippen molar-refractivity contribution in [3.8, 4) is 0 Å². The van der Waals surface area contributed by atoms with E-state index < -0.39 is 18.0 Å². The minimum absolute atomic E-state index is 0.244. The SMILES string of the molecule is CCOC(=O)C1=CC(C(=O)OCC)=C(c2ccccc2)NC1c1ccc(C)cc1. The highest BCUT2D eigenvalue weighted by Crippen LogP contribution is 2.34. The zero-order chi connectivity index (χ0) is 20.8. The van der Waals surface area contributed by atoms with Crippen molar-refractivity contribution in [2.24, 2.45) is 0 Å². The van der Waals surface area contributed by atoms with Crippen LogP contribution in [0, 0.1) is 6.92 Å². The number of hydrogen-bond donors (Lipinski definition) is 1. The maximum Gasteiger partial charge on any atom is 0.340 e. The molecule has 0 aromatic heterocycles. The van der Waals surface area contributed by atoms with E-state index in [4.69, 9.17) is 9.47 Å². The van der Waals surface area contributed by atoms with Crippen molar-refractivity contribution < 1.29 is 19.1 Å². The van der Waals surface area contributed by atoms with E-state index in [0.717, 1.165) is 16.7 Å². The van der Waals surface area contributed by atoms with Gasteiger partial charge in [0, 0.05) is 0 Å². The molecule has 29 heavy (non-hydrogen) atoms. The molecule has 0 spiro atoms. The fourth-order valence-electron chi connectivity index (χ4n) is 3.24. The molecule has 5 heteroatoms.